The van der Waals surface area contributed by atoms with Gasteiger partial charge >= 0.3 is 0 Å². The van der Waals surface area contributed by atoms with Crippen molar-refractivity contribution in [1.29, 1.82) is 0 Å². The van der Waals surface area contributed by atoms with Crippen LogP contribution in [0.5, 0.6) is 0 Å². The minimum absolute atomic E-state index is 0.686. The molecule has 5 unspecified atom stereocenters. The molecule has 2 fully saturated rings. The van der Waals surface area contributed by atoms with E-state index in [-0.39, 0.29) is 0 Å². The summed E-state index contributed by atoms with van der Waals surface area (Å²) in [7, 11) is 0. The van der Waals surface area contributed by atoms with Gasteiger partial charge in [-0.2, -0.15) is 0 Å². The highest BCUT2D eigenvalue weighted by Gasteiger charge is 2.65. The van der Waals surface area contributed by atoms with Crippen LogP contribution < -0.4 is 0 Å². The Morgan fingerprint density at radius 1 is 1.08 bits per heavy atom. The van der Waals surface area contributed by atoms with Crippen molar-refractivity contribution in [2.45, 2.75) is 27.7 Å². The van der Waals surface area contributed by atoms with Crippen molar-refractivity contribution in [2.75, 3.05) is 0 Å². The maximum Gasteiger partial charge on any atom is -0.0141 e. The fourth-order valence-corrected chi connectivity index (χ4v) is 3.34. The van der Waals surface area contributed by atoms with Crippen molar-refractivity contribution in [3.63, 3.8) is 0 Å². The van der Waals surface area contributed by atoms with E-state index in [9.17, 15) is 0 Å². The summed E-state index contributed by atoms with van der Waals surface area (Å²) in [6.45, 7) is 13.6. The third-order valence-electron chi connectivity index (χ3n) is 4.28. The van der Waals surface area contributed by atoms with E-state index in [0.717, 1.165) is 29.6 Å². The van der Waals surface area contributed by atoms with Crippen molar-refractivity contribution in [3.8, 4) is 0 Å². The van der Waals surface area contributed by atoms with Crippen molar-refractivity contribution in [2.24, 2.45) is 35.5 Å². The fraction of sp³-hybridized carbons (Fsp3) is 0.833. The highest BCUT2D eigenvalue weighted by Crippen LogP contribution is 2.70. The number of hydrogen-bond donors (Lipinski definition) is 0. The first-order chi connectivity index (χ1) is 5.55. The molecule has 0 N–H and O–H groups in total. The van der Waals surface area contributed by atoms with Gasteiger partial charge in [-0.1, -0.05) is 39.8 Å². The average molecular weight is 164 g/mol. The molecule has 12 heavy (non-hydrogen) atoms. The van der Waals surface area contributed by atoms with Gasteiger partial charge in [-0.05, 0) is 35.5 Å². The largest absolute Gasteiger partial charge is 0.0993 e. The molecule has 2 aliphatic rings. The second kappa shape index (κ2) is 2.37. The SMILES string of the molecule is C=C(C(C)C)C1C(C)C2C(C)C12. The number of fused-ring (bicyclic) bond motifs is 1. The molecule has 0 radical (unpaired) electrons. The zero-order valence-electron chi connectivity index (χ0n) is 8.67. The van der Waals surface area contributed by atoms with Gasteiger partial charge in [0.25, 0.3) is 0 Å². The van der Waals surface area contributed by atoms with Crippen molar-refractivity contribution >= 4 is 0 Å². The fourth-order valence-electron chi connectivity index (χ4n) is 3.34. The van der Waals surface area contributed by atoms with E-state index in [1.165, 1.54) is 5.57 Å². The molecule has 2 rings (SSSR count). The van der Waals surface area contributed by atoms with Crippen molar-refractivity contribution in [1.82, 2.24) is 0 Å². The maximum absolute atomic E-state index is 4.24. The summed E-state index contributed by atoms with van der Waals surface area (Å²) in [5.74, 6) is 5.57. The van der Waals surface area contributed by atoms with Gasteiger partial charge in [-0.25, -0.2) is 0 Å². The van der Waals surface area contributed by atoms with Gasteiger partial charge in [0.05, 0.1) is 0 Å². The molecule has 0 amide bonds. The molecule has 0 nitrogen and oxygen atoms in total. The Hall–Kier alpha value is -0.260. The Labute approximate surface area is 76.1 Å². The number of rotatable bonds is 2. The normalized spacial score (nSPS) is 49.9. The number of hydrogen-bond acceptors (Lipinski definition) is 0. The van der Waals surface area contributed by atoms with Gasteiger partial charge in [0.1, 0.15) is 0 Å². The third kappa shape index (κ3) is 0.841. The van der Waals surface area contributed by atoms with Crippen LogP contribution in [-0.4, -0.2) is 0 Å². The van der Waals surface area contributed by atoms with Crippen LogP contribution in [0.4, 0.5) is 0 Å². The molecule has 0 heteroatoms. The Kier molecular flexibility index (Phi) is 1.65. The summed E-state index contributed by atoms with van der Waals surface area (Å²) in [5.41, 5.74) is 1.51. The summed E-state index contributed by atoms with van der Waals surface area (Å²) in [6.07, 6.45) is 0. The lowest BCUT2D eigenvalue weighted by atomic mass is 9.69. The van der Waals surface area contributed by atoms with Gasteiger partial charge in [-0.3, -0.25) is 0 Å². The van der Waals surface area contributed by atoms with Gasteiger partial charge in [0.15, 0.2) is 0 Å². The first kappa shape index (κ1) is 8.34. The van der Waals surface area contributed by atoms with Gasteiger partial charge in [0.2, 0.25) is 0 Å². The minimum Gasteiger partial charge on any atom is -0.0993 e. The molecule has 0 aromatic rings. The molecule has 0 aromatic heterocycles. The monoisotopic (exact) mass is 164 g/mol. The molecule has 0 aliphatic heterocycles. The molecule has 0 aromatic carbocycles. The quantitative estimate of drug-likeness (QED) is 0.549. The van der Waals surface area contributed by atoms with Crippen LogP contribution in [0.1, 0.15) is 27.7 Å². The molecule has 0 bridgehead atoms. The lowest BCUT2D eigenvalue weighted by molar-refractivity contribution is 0.201. The van der Waals surface area contributed by atoms with Crippen molar-refractivity contribution in [3.05, 3.63) is 12.2 Å². The lowest BCUT2D eigenvalue weighted by Crippen LogP contribution is -2.30. The molecule has 0 heterocycles. The second-order valence-corrected chi connectivity index (χ2v) is 5.13. The van der Waals surface area contributed by atoms with E-state index in [0.29, 0.717) is 5.92 Å². The van der Waals surface area contributed by atoms with Crippen LogP contribution in [0.25, 0.3) is 0 Å². The molecular weight excluding hydrogens is 144 g/mol. The van der Waals surface area contributed by atoms with E-state index in [1.54, 1.807) is 0 Å². The lowest BCUT2D eigenvalue weighted by Gasteiger charge is -2.36. The highest BCUT2D eigenvalue weighted by atomic mass is 14.7. The van der Waals surface area contributed by atoms with E-state index < -0.39 is 0 Å². The predicted molar refractivity (Wildman–Crippen MR) is 52.8 cm³/mol. The van der Waals surface area contributed by atoms with Crippen LogP contribution in [0, 0.1) is 35.5 Å². The van der Waals surface area contributed by atoms with E-state index in [1.807, 2.05) is 0 Å². The molecular formula is C12H20. The minimum atomic E-state index is 0.686. The maximum atomic E-state index is 4.24. The van der Waals surface area contributed by atoms with E-state index >= 15 is 0 Å². The van der Waals surface area contributed by atoms with Crippen LogP contribution >= 0.6 is 0 Å². The van der Waals surface area contributed by atoms with E-state index in [2.05, 4.69) is 34.3 Å². The predicted octanol–water partition coefficient (Wildman–Crippen LogP) is 3.35. The molecule has 2 aliphatic carbocycles. The second-order valence-electron chi connectivity index (χ2n) is 5.13. The zero-order chi connectivity index (χ0) is 9.04. The third-order valence-corrected chi connectivity index (χ3v) is 4.28. The van der Waals surface area contributed by atoms with Gasteiger partial charge < -0.3 is 0 Å². The summed E-state index contributed by atoms with van der Waals surface area (Å²) < 4.78 is 0. The zero-order valence-corrected chi connectivity index (χ0v) is 8.67. The van der Waals surface area contributed by atoms with E-state index in [4.69, 9.17) is 0 Å². The summed E-state index contributed by atoms with van der Waals surface area (Å²) >= 11 is 0. The van der Waals surface area contributed by atoms with Crippen LogP contribution in [0.2, 0.25) is 0 Å². The van der Waals surface area contributed by atoms with Crippen molar-refractivity contribution < 1.29 is 0 Å². The smallest absolute Gasteiger partial charge is 0.0141 e. The molecule has 2 saturated carbocycles. The molecule has 0 saturated heterocycles. The van der Waals surface area contributed by atoms with Gasteiger partial charge in [-0.15, -0.1) is 0 Å². The standard InChI is InChI=1S/C12H20/c1-6(2)7(3)10-8(4)11-9(5)12(10)11/h6,8-12H,3H2,1-2,4-5H3. The first-order valence-corrected chi connectivity index (χ1v) is 5.24. The number of allylic oxidation sites excluding steroid dienone is 1. The highest BCUT2D eigenvalue weighted by molar-refractivity contribution is 5.23. The summed E-state index contributed by atoms with van der Waals surface area (Å²) in [6, 6.07) is 0. The Morgan fingerprint density at radius 3 is 2.00 bits per heavy atom. The van der Waals surface area contributed by atoms with Gasteiger partial charge in [0, 0.05) is 0 Å². The Bertz CT molecular complexity index is 208. The van der Waals surface area contributed by atoms with Crippen LogP contribution in [0.3, 0.4) is 0 Å². The summed E-state index contributed by atoms with van der Waals surface area (Å²) in [5, 5.41) is 0. The summed E-state index contributed by atoms with van der Waals surface area (Å²) in [4.78, 5) is 0. The van der Waals surface area contributed by atoms with Crippen LogP contribution in [0.15, 0.2) is 12.2 Å². The Balaban J connectivity index is 2.03. The average Bonchev–Trinajstić information content (AvgIpc) is 2.55. The topological polar surface area (TPSA) is 0 Å². The van der Waals surface area contributed by atoms with Crippen LogP contribution in [-0.2, 0) is 0 Å². The molecule has 0 spiro atoms. The first-order valence-electron chi connectivity index (χ1n) is 5.24. The molecule has 5 atom stereocenters. The Morgan fingerprint density at radius 2 is 1.67 bits per heavy atom. The molecule has 68 valence electrons.